The number of imidazole rings is 1. The van der Waals surface area contributed by atoms with E-state index in [1.165, 1.54) is 16.1 Å². The summed E-state index contributed by atoms with van der Waals surface area (Å²) in [5, 5.41) is 3.42. The van der Waals surface area contributed by atoms with E-state index in [9.17, 15) is 8.42 Å². The van der Waals surface area contributed by atoms with Crippen LogP contribution >= 0.6 is 0 Å². The molecule has 1 fully saturated rings. The molecule has 0 aliphatic carbocycles. The summed E-state index contributed by atoms with van der Waals surface area (Å²) >= 11 is 0. The smallest absolute Gasteiger partial charge is 0.211 e. The average molecular weight is 401 g/mol. The van der Waals surface area contributed by atoms with Crippen molar-refractivity contribution in [2.45, 2.75) is 25.8 Å². The van der Waals surface area contributed by atoms with Crippen molar-refractivity contribution in [3.8, 4) is 0 Å². The predicted molar refractivity (Wildman–Crippen MR) is 109 cm³/mol. The molecule has 1 saturated heterocycles. The maximum Gasteiger partial charge on any atom is 0.211 e. The molecule has 1 aliphatic rings. The molecule has 9 heteroatoms. The van der Waals surface area contributed by atoms with E-state index in [0.29, 0.717) is 19.6 Å². The van der Waals surface area contributed by atoms with Crippen LogP contribution in [0.15, 0.2) is 30.9 Å². The van der Waals surface area contributed by atoms with E-state index in [1.807, 2.05) is 23.9 Å². The molecule has 148 valence electrons. The van der Waals surface area contributed by atoms with E-state index in [4.69, 9.17) is 0 Å². The van der Waals surface area contributed by atoms with Crippen LogP contribution in [-0.4, -0.2) is 51.6 Å². The maximum absolute atomic E-state index is 11.6. The van der Waals surface area contributed by atoms with E-state index in [-0.39, 0.29) is 5.92 Å². The molecule has 0 radical (unpaired) electrons. The Morgan fingerprint density at radius 2 is 1.93 bits per heavy atom. The lowest BCUT2D eigenvalue weighted by molar-refractivity contribution is 0.262. The first-order valence-corrected chi connectivity index (χ1v) is 11.1. The lowest BCUT2D eigenvalue weighted by Gasteiger charge is -2.37. The number of nitrogens with zero attached hydrogens (tertiary/aromatic N) is 5. The third kappa shape index (κ3) is 3.59. The first-order chi connectivity index (χ1) is 13.3. The van der Waals surface area contributed by atoms with Gasteiger partial charge in [-0.25, -0.2) is 22.7 Å². The largest absolute Gasteiger partial charge is 0.380 e. The van der Waals surface area contributed by atoms with Crippen molar-refractivity contribution in [3.63, 3.8) is 0 Å². The van der Waals surface area contributed by atoms with Gasteiger partial charge in [-0.3, -0.25) is 4.98 Å². The van der Waals surface area contributed by atoms with Gasteiger partial charge in [0, 0.05) is 44.5 Å². The van der Waals surface area contributed by atoms with Crippen LogP contribution in [0.1, 0.15) is 29.7 Å². The number of sulfonamides is 1. The highest BCUT2D eigenvalue weighted by atomic mass is 32.2. The first kappa shape index (κ1) is 18.8. The number of hydrogen-bond donors (Lipinski definition) is 1. The van der Waals surface area contributed by atoms with Crippen molar-refractivity contribution in [1.82, 2.24) is 23.8 Å². The third-order valence-corrected chi connectivity index (χ3v) is 6.52. The highest BCUT2D eigenvalue weighted by Gasteiger charge is 2.35. The Morgan fingerprint density at radius 1 is 1.14 bits per heavy atom. The molecule has 0 unspecified atom stereocenters. The number of aromatic nitrogens is 4. The minimum atomic E-state index is -3.10. The van der Waals surface area contributed by atoms with E-state index < -0.39 is 10.0 Å². The zero-order valence-electron chi connectivity index (χ0n) is 16.3. The Labute approximate surface area is 164 Å². The molecule has 3 aromatic heterocycles. The van der Waals surface area contributed by atoms with Crippen LogP contribution in [0.5, 0.6) is 0 Å². The van der Waals surface area contributed by atoms with E-state index >= 15 is 0 Å². The minimum absolute atomic E-state index is 0.179. The van der Waals surface area contributed by atoms with Gasteiger partial charge in [-0.1, -0.05) is 6.92 Å². The number of fused-ring (bicyclic) bond motifs is 1. The number of rotatable bonds is 6. The molecule has 8 nitrogen and oxygen atoms in total. The van der Waals surface area contributed by atoms with Crippen molar-refractivity contribution in [2.75, 3.05) is 24.7 Å². The van der Waals surface area contributed by atoms with Crippen molar-refractivity contribution in [3.05, 3.63) is 47.7 Å². The number of aryl methyl sites for hydroxylation is 2. The van der Waals surface area contributed by atoms with Gasteiger partial charge in [0.2, 0.25) is 10.0 Å². The molecular formula is C19H24N6O2S. The summed E-state index contributed by atoms with van der Waals surface area (Å²) in [6.07, 6.45) is 7.59. The Hall–Kier alpha value is -2.52. The molecule has 3 aromatic rings. The summed E-state index contributed by atoms with van der Waals surface area (Å²) in [5.41, 5.74) is 5.98. The normalized spacial score (nSPS) is 15.7. The Balaban J connectivity index is 1.46. The van der Waals surface area contributed by atoms with Crippen LogP contribution in [0.3, 0.4) is 0 Å². The van der Waals surface area contributed by atoms with Gasteiger partial charge in [0.1, 0.15) is 0 Å². The number of nitrogens with one attached hydrogen (secondary N) is 1. The zero-order chi connectivity index (χ0) is 19.9. The Morgan fingerprint density at radius 3 is 2.64 bits per heavy atom. The molecule has 0 amide bonds. The molecule has 4 rings (SSSR count). The molecule has 0 spiro atoms. The van der Waals surface area contributed by atoms with Gasteiger partial charge in [0.15, 0.2) is 5.65 Å². The summed E-state index contributed by atoms with van der Waals surface area (Å²) < 4.78 is 26.6. The van der Waals surface area contributed by atoms with Gasteiger partial charge >= 0.3 is 0 Å². The highest BCUT2D eigenvalue weighted by molar-refractivity contribution is 7.88. The second-order valence-corrected chi connectivity index (χ2v) is 9.27. The zero-order valence-corrected chi connectivity index (χ0v) is 17.1. The van der Waals surface area contributed by atoms with Crippen LogP contribution in [0, 0.1) is 0 Å². The number of anilines is 1. The maximum atomic E-state index is 11.6. The Kier molecular flexibility index (Phi) is 4.80. The van der Waals surface area contributed by atoms with Gasteiger partial charge < -0.3 is 9.88 Å². The lowest BCUT2D eigenvalue weighted by atomic mass is 9.95. The monoisotopic (exact) mass is 400 g/mol. The van der Waals surface area contributed by atoms with E-state index in [1.54, 1.807) is 12.5 Å². The quantitative estimate of drug-likeness (QED) is 0.679. The van der Waals surface area contributed by atoms with Gasteiger partial charge in [0.25, 0.3) is 0 Å². The van der Waals surface area contributed by atoms with Gasteiger partial charge in [0.05, 0.1) is 30.0 Å². The number of hydrogen-bond acceptors (Lipinski definition) is 6. The topological polar surface area (TPSA) is 93.0 Å². The van der Waals surface area contributed by atoms with Crippen LogP contribution in [0.2, 0.25) is 0 Å². The molecule has 1 N–H and O–H groups in total. The summed E-state index contributed by atoms with van der Waals surface area (Å²) in [6.45, 7) is 3.81. The van der Waals surface area contributed by atoms with Gasteiger partial charge in [-0.2, -0.15) is 0 Å². The molecule has 4 heterocycles. The first-order valence-electron chi connectivity index (χ1n) is 9.29. The summed E-state index contributed by atoms with van der Waals surface area (Å²) in [4.78, 5) is 13.2. The minimum Gasteiger partial charge on any atom is -0.380 e. The predicted octanol–water partition coefficient (Wildman–Crippen LogP) is 1.90. The van der Waals surface area contributed by atoms with Crippen molar-refractivity contribution in [2.24, 2.45) is 7.05 Å². The standard InChI is InChI=1S/C19H24N6O2S/c1-4-13-5-17(15-10-25(11-15)28(3,26)27)21-8-14(13)7-20-16-6-18-19(22-9-16)23-12-24(18)2/h5-6,8-9,12,15,20H,4,7,10-11H2,1-3H3. The summed E-state index contributed by atoms with van der Waals surface area (Å²) in [6, 6.07) is 4.15. The summed E-state index contributed by atoms with van der Waals surface area (Å²) in [7, 11) is -1.15. The van der Waals surface area contributed by atoms with Gasteiger partial charge in [-0.05, 0) is 29.7 Å². The SMILES string of the molecule is CCc1cc(C2CN(S(C)(=O)=O)C2)ncc1CNc1cnc2ncn(C)c2c1. The van der Waals surface area contributed by atoms with Crippen LogP contribution < -0.4 is 5.32 Å². The molecule has 1 aliphatic heterocycles. The van der Waals surface area contributed by atoms with Crippen LogP contribution in [0.25, 0.3) is 11.2 Å². The third-order valence-electron chi connectivity index (χ3n) is 5.28. The molecular weight excluding hydrogens is 376 g/mol. The van der Waals surface area contributed by atoms with Crippen LogP contribution in [-0.2, 0) is 30.0 Å². The van der Waals surface area contributed by atoms with E-state index in [0.717, 1.165) is 34.5 Å². The molecule has 0 atom stereocenters. The van der Waals surface area contributed by atoms with Crippen LogP contribution in [0.4, 0.5) is 5.69 Å². The average Bonchev–Trinajstić information content (AvgIpc) is 2.98. The lowest BCUT2D eigenvalue weighted by Crippen LogP contribution is -2.48. The fourth-order valence-corrected chi connectivity index (χ4v) is 4.36. The number of pyridine rings is 2. The Bertz CT molecular complexity index is 1120. The second kappa shape index (κ2) is 7.14. The van der Waals surface area contributed by atoms with E-state index in [2.05, 4.69) is 33.3 Å². The van der Waals surface area contributed by atoms with Crippen molar-refractivity contribution >= 4 is 26.9 Å². The summed E-state index contributed by atoms with van der Waals surface area (Å²) in [5.74, 6) is 0.179. The van der Waals surface area contributed by atoms with Crippen molar-refractivity contribution < 1.29 is 8.42 Å². The molecule has 0 saturated carbocycles. The molecule has 0 aromatic carbocycles. The molecule has 0 bridgehead atoms. The highest BCUT2D eigenvalue weighted by Crippen LogP contribution is 2.29. The fraction of sp³-hybridized carbons (Fsp3) is 0.421. The second-order valence-electron chi connectivity index (χ2n) is 7.28. The van der Waals surface area contributed by atoms with Gasteiger partial charge in [-0.15, -0.1) is 0 Å². The van der Waals surface area contributed by atoms with Crippen molar-refractivity contribution in [1.29, 1.82) is 0 Å². The fourth-order valence-electron chi connectivity index (χ4n) is 3.45. The molecule has 28 heavy (non-hydrogen) atoms.